The Morgan fingerprint density at radius 1 is 0.656 bits per heavy atom. The molecule has 4 aliphatic rings. The quantitative estimate of drug-likeness (QED) is 0.391. The van der Waals surface area contributed by atoms with E-state index >= 15 is 0 Å². The van der Waals surface area contributed by atoms with Crippen molar-refractivity contribution in [1.82, 2.24) is 0 Å². The normalized spacial score (nSPS) is 36.5. The molecule has 0 N–H and O–H groups in total. The van der Waals surface area contributed by atoms with E-state index in [4.69, 9.17) is 28.4 Å². The molecule has 0 spiro atoms. The Hall–Kier alpha value is -1.54. The zero-order valence-electron chi connectivity index (χ0n) is 19.2. The Labute approximate surface area is 190 Å². The van der Waals surface area contributed by atoms with Crippen LogP contribution >= 0.6 is 0 Å². The number of hydrogen-bond donors (Lipinski definition) is 0. The first kappa shape index (κ1) is 23.6. The SMILES string of the molecule is CC1CCC(COC(=O)OCC2CCC(COC(=O)OCC3CCC4OC4C3)CC2)CO1. The maximum Gasteiger partial charge on any atom is 0.508 e. The number of fused-ring (bicyclic) bond motifs is 1. The zero-order chi connectivity index (χ0) is 22.3. The molecule has 2 heterocycles. The molecular weight excluding hydrogens is 416 g/mol. The van der Waals surface area contributed by atoms with Gasteiger partial charge in [-0.05, 0) is 82.5 Å². The average Bonchev–Trinajstić information content (AvgIpc) is 3.59. The molecular formula is C24H38O8. The van der Waals surface area contributed by atoms with Crippen LogP contribution in [0.25, 0.3) is 0 Å². The van der Waals surface area contributed by atoms with E-state index in [0.717, 1.165) is 57.8 Å². The first-order chi connectivity index (χ1) is 15.5. The van der Waals surface area contributed by atoms with Gasteiger partial charge in [0, 0.05) is 5.92 Å². The van der Waals surface area contributed by atoms with Crippen LogP contribution in [0.1, 0.15) is 64.7 Å². The van der Waals surface area contributed by atoms with Crippen molar-refractivity contribution in [3.8, 4) is 0 Å². The number of epoxide rings is 1. The van der Waals surface area contributed by atoms with Crippen molar-refractivity contribution in [2.45, 2.75) is 83.0 Å². The lowest BCUT2D eigenvalue weighted by molar-refractivity contribution is -0.0343. The second-order valence-electron chi connectivity index (χ2n) is 10.1. The van der Waals surface area contributed by atoms with Crippen molar-refractivity contribution in [2.24, 2.45) is 23.7 Å². The first-order valence-electron chi connectivity index (χ1n) is 12.4. The Bertz CT molecular complexity index is 609. The van der Waals surface area contributed by atoms with Crippen LogP contribution < -0.4 is 0 Å². The van der Waals surface area contributed by atoms with E-state index in [1.807, 2.05) is 0 Å². The molecule has 0 aromatic heterocycles. The number of hydrogen-bond acceptors (Lipinski definition) is 8. The molecule has 2 saturated carbocycles. The van der Waals surface area contributed by atoms with Crippen LogP contribution in [0.15, 0.2) is 0 Å². The minimum Gasteiger partial charge on any atom is -0.434 e. The molecule has 8 heteroatoms. The van der Waals surface area contributed by atoms with Gasteiger partial charge < -0.3 is 28.4 Å². The van der Waals surface area contributed by atoms with Crippen LogP contribution in [0.4, 0.5) is 9.59 Å². The molecule has 0 bridgehead atoms. The monoisotopic (exact) mass is 454 g/mol. The fraction of sp³-hybridized carbons (Fsp3) is 0.917. The molecule has 2 saturated heterocycles. The van der Waals surface area contributed by atoms with Crippen LogP contribution in [0.5, 0.6) is 0 Å². The summed E-state index contributed by atoms with van der Waals surface area (Å²) in [6.45, 7) is 4.28. The minimum absolute atomic E-state index is 0.267. The van der Waals surface area contributed by atoms with E-state index in [1.165, 1.54) is 0 Å². The van der Waals surface area contributed by atoms with Crippen molar-refractivity contribution in [1.29, 1.82) is 0 Å². The smallest absolute Gasteiger partial charge is 0.434 e. The lowest BCUT2D eigenvalue weighted by atomic mass is 9.83. The van der Waals surface area contributed by atoms with Crippen LogP contribution in [0.2, 0.25) is 0 Å². The van der Waals surface area contributed by atoms with Crippen molar-refractivity contribution in [3.05, 3.63) is 0 Å². The van der Waals surface area contributed by atoms with Gasteiger partial charge in [0.2, 0.25) is 0 Å². The molecule has 8 nitrogen and oxygen atoms in total. The molecule has 0 aromatic carbocycles. The summed E-state index contributed by atoms with van der Waals surface area (Å²) in [5.41, 5.74) is 0. The van der Waals surface area contributed by atoms with Crippen LogP contribution in [-0.2, 0) is 28.4 Å². The lowest BCUT2D eigenvalue weighted by Crippen LogP contribution is -2.28. The maximum atomic E-state index is 11.9. The highest BCUT2D eigenvalue weighted by Gasteiger charge is 2.44. The molecule has 4 rings (SSSR count). The molecule has 5 unspecified atom stereocenters. The van der Waals surface area contributed by atoms with Gasteiger partial charge in [-0.3, -0.25) is 0 Å². The fourth-order valence-electron chi connectivity index (χ4n) is 5.10. The summed E-state index contributed by atoms with van der Waals surface area (Å²) in [4.78, 5) is 23.8. The Kier molecular flexibility index (Phi) is 8.52. The van der Waals surface area contributed by atoms with Gasteiger partial charge in [0.05, 0.1) is 51.3 Å². The Balaban J connectivity index is 1.00. The molecule has 2 aliphatic carbocycles. The highest BCUT2D eigenvalue weighted by molar-refractivity contribution is 5.60. The maximum absolute atomic E-state index is 11.9. The zero-order valence-corrected chi connectivity index (χ0v) is 19.2. The van der Waals surface area contributed by atoms with E-state index in [1.54, 1.807) is 0 Å². The van der Waals surface area contributed by atoms with E-state index in [0.29, 0.717) is 69.1 Å². The summed E-state index contributed by atoms with van der Waals surface area (Å²) in [6.07, 6.45) is 8.98. The van der Waals surface area contributed by atoms with Gasteiger partial charge in [-0.2, -0.15) is 0 Å². The molecule has 0 aromatic rings. The molecule has 32 heavy (non-hydrogen) atoms. The first-order valence-corrected chi connectivity index (χ1v) is 12.4. The predicted molar refractivity (Wildman–Crippen MR) is 114 cm³/mol. The van der Waals surface area contributed by atoms with Crippen molar-refractivity contribution in [2.75, 3.05) is 33.0 Å². The number of ether oxygens (including phenoxy) is 6. The highest BCUT2D eigenvalue weighted by atomic mass is 16.7. The largest absolute Gasteiger partial charge is 0.508 e. The second kappa shape index (κ2) is 11.5. The standard InChI is InChI=1S/C24H38O8/c1-16-2-3-20(14-27-16)15-31-24(26)29-12-18-6-4-17(5-7-18)11-28-23(25)30-13-19-8-9-21-22(10-19)32-21/h16-22H,2-15H2,1H3. The molecule has 0 amide bonds. The van der Waals surface area contributed by atoms with Crippen molar-refractivity contribution < 1.29 is 38.0 Å². The summed E-state index contributed by atoms with van der Waals surface area (Å²) in [7, 11) is 0. The summed E-state index contributed by atoms with van der Waals surface area (Å²) >= 11 is 0. The molecule has 5 atom stereocenters. The van der Waals surface area contributed by atoms with Gasteiger partial charge in [0.1, 0.15) is 0 Å². The third-order valence-electron chi connectivity index (χ3n) is 7.42. The summed E-state index contributed by atoms with van der Waals surface area (Å²) in [5, 5.41) is 0. The van der Waals surface area contributed by atoms with Gasteiger partial charge in [-0.1, -0.05) is 0 Å². The Morgan fingerprint density at radius 3 is 1.69 bits per heavy atom. The fourth-order valence-corrected chi connectivity index (χ4v) is 5.10. The van der Waals surface area contributed by atoms with Gasteiger partial charge in [-0.15, -0.1) is 0 Å². The van der Waals surface area contributed by atoms with Gasteiger partial charge in [0.15, 0.2) is 0 Å². The van der Waals surface area contributed by atoms with Crippen LogP contribution in [0.3, 0.4) is 0 Å². The Morgan fingerprint density at radius 2 is 1.16 bits per heavy atom. The molecule has 0 radical (unpaired) electrons. The predicted octanol–water partition coefficient (Wildman–Crippen LogP) is 4.48. The summed E-state index contributed by atoms with van der Waals surface area (Å²) in [5.74, 6) is 1.34. The average molecular weight is 455 g/mol. The lowest BCUT2D eigenvalue weighted by Gasteiger charge is -2.28. The summed E-state index contributed by atoms with van der Waals surface area (Å²) in [6, 6.07) is 0. The van der Waals surface area contributed by atoms with E-state index < -0.39 is 12.3 Å². The van der Waals surface area contributed by atoms with Gasteiger partial charge in [-0.25, -0.2) is 9.59 Å². The number of carbonyl (C=O) groups is 2. The van der Waals surface area contributed by atoms with Crippen LogP contribution in [-0.4, -0.2) is 63.7 Å². The van der Waals surface area contributed by atoms with E-state index in [2.05, 4.69) is 6.92 Å². The van der Waals surface area contributed by atoms with Crippen molar-refractivity contribution in [3.63, 3.8) is 0 Å². The summed E-state index contributed by atoms with van der Waals surface area (Å²) < 4.78 is 32.3. The van der Waals surface area contributed by atoms with Crippen molar-refractivity contribution >= 4 is 12.3 Å². The van der Waals surface area contributed by atoms with Gasteiger partial charge in [0.25, 0.3) is 0 Å². The number of carbonyl (C=O) groups excluding carboxylic acids is 2. The minimum atomic E-state index is -0.585. The van der Waals surface area contributed by atoms with Gasteiger partial charge >= 0.3 is 12.3 Å². The molecule has 182 valence electrons. The second-order valence-corrected chi connectivity index (χ2v) is 10.1. The topological polar surface area (TPSA) is 92.8 Å². The van der Waals surface area contributed by atoms with E-state index in [9.17, 15) is 9.59 Å². The third-order valence-corrected chi connectivity index (χ3v) is 7.42. The molecule has 4 fully saturated rings. The molecule has 2 aliphatic heterocycles. The van der Waals surface area contributed by atoms with E-state index in [-0.39, 0.29) is 5.92 Å². The third kappa shape index (κ3) is 7.51. The van der Waals surface area contributed by atoms with Crippen LogP contribution in [0, 0.1) is 23.7 Å². The highest BCUT2D eigenvalue weighted by Crippen LogP contribution is 2.39. The number of rotatable bonds is 8.